The largest absolute Gasteiger partial charge is 0.504 e. The van der Waals surface area contributed by atoms with Crippen LogP contribution in [0.5, 0.6) is 5.75 Å². The number of aromatic hydroxyl groups is 1. The maximum Gasteiger partial charge on any atom is 0.159 e. The third-order valence-corrected chi connectivity index (χ3v) is 2.71. The number of hydrogen-bond acceptors (Lipinski definition) is 2. The molecule has 0 aliphatic carbocycles. The van der Waals surface area contributed by atoms with E-state index in [1.807, 2.05) is 36.7 Å². The van der Waals surface area contributed by atoms with Crippen molar-refractivity contribution < 1.29 is 5.11 Å². The highest BCUT2D eigenvalue weighted by atomic mass is 16.3. The fourth-order valence-electron chi connectivity index (χ4n) is 1.86. The summed E-state index contributed by atoms with van der Waals surface area (Å²) < 4.78 is 1.88. The Balaban J connectivity index is 2.31. The number of hydrogen-bond donors (Lipinski definition) is 1. The predicted molar refractivity (Wildman–Crippen MR) is 63.6 cm³/mol. The van der Waals surface area contributed by atoms with Gasteiger partial charge in [-0.1, -0.05) is 37.3 Å². The van der Waals surface area contributed by atoms with Crippen LogP contribution in [0.25, 0.3) is 0 Å². The molecule has 1 aromatic heterocycles. The Hall–Kier alpha value is -1.77. The van der Waals surface area contributed by atoms with Crippen molar-refractivity contribution in [2.75, 3.05) is 0 Å². The van der Waals surface area contributed by atoms with Crippen LogP contribution in [0.3, 0.4) is 0 Å². The van der Waals surface area contributed by atoms with Crippen molar-refractivity contribution in [3.63, 3.8) is 0 Å². The molecule has 84 valence electrons. The maximum absolute atomic E-state index is 9.81. The highest BCUT2D eigenvalue weighted by Gasteiger charge is 2.12. The van der Waals surface area contributed by atoms with Crippen LogP contribution in [0.15, 0.2) is 30.3 Å². The number of aromatic nitrogens is 2. The van der Waals surface area contributed by atoms with Gasteiger partial charge in [-0.3, -0.25) is 4.68 Å². The van der Waals surface area contributed by atoms with Crippen molar-refractivity contribution in [2.24, 2.45) is 0 Å². The van der Waals surface area contributed by atoms with Crippen molar-refractivity contribution in [1.82, 2.24) is 9.78 Å². The van der Waals surface area contributed by atoms with E-state index in [0.29, 0.717) is 18.0 Å². The van der Waals surface area contributed by atoms with Gasteiger partial charge in [0.25, 0.3) is 0 Å². The molecule has 0 unspecified atom stereocenters. The molecule has 0 bridgehead atoms. The molecular weight excluding hydrogens is 200 g/mol. The molecule has 0 saturated carbocycles. The minimum atomic E-state index is 0.332. The van der Waals surface area contributed by atoms with Gasteiger partial charge in [0, 0.05) is 0 Å². The smallest absolute Gasteiger partial charge is 0.159 e. The zero-order chi connectivity index (χ0) is 11.5. The minimum Gasteiger partial charge on any atom is -0.504 e. The van der Waals surface area contributed by atoms with Gasteiger partial charge >= 0.3 is 0 Å². The molecular formula is C13H16N2O. The van der Waals surface area contributed by atoms with Crippen LogP contribution in [0.1, 0.15) is 23.9 Å². The molecule has 16 heavy (non-hydrogen) atoms. The summed E-state index contributed by atoms with van der Waals surface area (Å²) in [6, 6.07) is 10.1. The van der Waals surface area contributed by atoms with Gasteiger partial charge in [-0.15, -0.1) is 0 Å². The average Bonchev–Trinajstić information content (AvgIpc) is 2.56. The maximum atomic E-state index is 9.81. The number of rotatable bonds is 3. The number of aryl methyl sites for hydroxylation is 1. The van der Waals surface area contributed by atoms with Crippen molar-refractivity contribution in [1.29, 1.82) is 0 Å². The van der Waals surface area contributed by atoms with Crippen molar-refractivity contribution in [3.8, 4) is 5.75 Å². The Morgan fingerprint density at radius 3 is 2.56 bits per heavy atom. The second kappa shape index (κ2) is 4.39. The summed E-state index contributed by atoms with van der Waals surface area (Å²) in [6.45, 7) is 4.57. The molecule has 2 aromatic rings. The van der Waals surface area contributed by atoms with Crippen LogP contribution in [0.4, 0.5) is 0 Å². The summed E-state index contributed by atoms with van der Waals surface area (Å²) in [6.07, 6.45) is 0.791. The van der Waals surface area contributed by atoms with Gasteiger partial charge < -0.3 is 5.11 Å². The van der Waals surface area contributed by atoms with Crippen LogP contribution in [-0.4, -0.2) is 14.9 Å². The van der Waals surface area contributed by atoms with Crippen LogP contribution < -0.4 is 0 Å². The first-order valence-corrected chi connectivity index (χ1v) is 5.51. The molecule has 0 saturated heterocycles. The lowest BCUT2D eigenvalue weighted by Crippen LogP contribution is -2.05. The van der Waals surface area contributed by atoms with E-state index in [0.717, 1.165) is 12.1 Å². The second-order valence-corrected chi connectivity index (χ2v) is 3.88. The van der Waals surface area contributed by atoms with E-state index in [9.17, 15) is 5.11 Å². The van der Waals surface area contributed by atoms with E-state index in [1.54, 1.807) is 0 Å². The summed E-state index contributed by atoms with van der Waals surface area (Å²) in [5, 5.41) is 14.2. The van der Waals surface area contributed by atoms with E-state index in [4.69, 9.17) is 0 Å². The van der Waals surface area contributed by atoms with E-state index in [1.165, 1.54) is 5.56 Å². The SMILES string of the molecule is CCc1c(O)c(C)nn1Cc1ccccc1. The fraction of sp³-hybridized carbons (Fsp3) is 0.308. The molecule has 0 aliphatic heterocycles. The lowest BCUT2D eigenvalue weighted by atomic mass is 10.2. The summed E-state index contributed by atoms with van der Waals surface area (Å²) in [4.78, 5) is 0. The molecule has 3 nitrogen and oxygen atoms in total. The molecule has 2 rings (SSSR count). The highest BCUT2D eigenvalue weighted by Crippen LogP contribution is 2.22. The highest BCUT2D eigenvalue weighted by molar-refractivity contribution is 5.32. The first kappa shape index (κ1) is 10.7. The molecule has 0 atom stereocenters. The Morgan fingerprint density at radius 1 is 1.25 bits per heavy atom. The molecule has 3 heteroatoms. The van der Waals surface area contributed by atoms with Crippen LogP contribution in [0, 0.1) is 6.92 Å². The van der Waals surface area contributed by atoms with Gasteiger partial charge in [0.2, 0.25) is 0 Å². The van der Waals surface area contributed by atoms with Crippen LogP contribution >= 0.6 is 0 Å². The average molecular weight is 216 g/mol. The lowest BCUT2D eigenvalue weighted by Gasteiger charge is -2.05. The monoisotopic (exact) mass is 216 g/mol. The quantitative estimate of drug-likeness (QED) is 0.856. The molecule has 0 aliphatic rings. The Kier molecular flexibility index (Phi) is 2.95. The van der Waals surface area contributed by atoms with Gasteiger partial charge in [0.15, 0.2) is 5.75 Å². The topological polar surface area (TPSA) is 38.1 Å². The van der Waals surface area contributed by atoms with Crippen LogP contribution in [-0.2, 0) is 13.0 Å². The van der Waals surface area contributed by atoms with E-state index in [-0.39, 0.29) is 0 Å². The van der Waals surface area contributed by atoms with Gasteiger partial charge in [0.05, 0.1) is 12.2 Å². The standard InChI is InChI=1S/C13H16N2O/c1-3-12-13(16)10(2)14-15(12)9-11-7-5-4-6-8-11/h4-8,16H,3,9H2,1-2H3. The summed E-state index contributed by atoms with van der Waals surface area (Å²) in [7, 11) is 0. The van der Waals surface area contributed by atoms with Gasteiger partial charge in [-0.25, -0.2) is 0 Å². The second-order valence-electron chi connectivity index (χ2n) is 3.88. The van der Waals surface area contributed by atoms with Crippen LogP contribution in [0.2, 0.25) is 0 Å². The fourth-order valence-corrected chi connectivity index (χ4v) is 1.86. The predicted octanol–water partition coefficient (Wildman–Crippen LogP) is 2.51. The number of nitrogens with zero attached hydrogens (tertiary/aromatic N) is 2. The zero-order valence-corrected chi connectivity index (χ0v) is 9.64. The Labute approximate surface area is 95.3 Å². The molecule has 0 radical (unpaired) electrons. The zero-order valence-electron chi connectivity index (χ0n) is 9.64. The first-order valence-electron chi connectivity index (χ1n) is 5.51. The van der Waals surface area contributed by atoms with Gasteiger partial charge in [-0.05, 0) is 18.9 Å². The van der Waals surface area contributed by atoms with Crippen molar-refractivity contribution >= 4 is 0 Å². The summed E-state index contributed by atoms with van der Waals surface area (Å²) in [5.74, 6) is 0.332. The third-order valence-electron chi connectivity index (χ3n) is 2.71. The molecule has 1 aromatic carbocycles. The van der Waals surface area contributed by atoms with Crippen molar-refractivity contribution in [2.45, 2.75) is 26.8 Å². The van der Waals surface area contributed by atoms with E-state index < -0.39 is 0 Å². The molecule has 1 N–H and O–H groups in total. The molecule has 0 amide bonds. The normalized spacial score (nSPS) is 10.6. The first-order chi connectivity index (χ1) is 7.72. The van der Waals surface area contributed by atoms with Gasteiger partial charge in [0.1, 0.15) is 5.69 Å². The van der Waals surface area contributed by atoms with Gasteiger partial charge in [-0.2, -0.15) is 5.10 Å². The lowest BCUT2D eigenvalue weighted by molar-refractivity contribution is 0.462. The van der Waals surface area contributed by atoms with Crippen molar-refractivity contribution in [3.05, 3.63) is 47.3 Å². The summed E-state index contributed by atoms with van der Waals surface area (Å²) >= 11 is 0. The number of benzene rings is 1. The minimum absolute atomic E-state index is 0.332. The van der Waals surface area contributed by atoms with E-state index >= 15 is 0 Å². The molecule has 0 spiro atoms. The Morgan fingerprint density at radius 2 is 1.94 bits per heavy atom. The third kappa shape index (κ3) is 1.94. The molecule has 0 fully saturated rings. The molecule has 1 heterocycles. The Bertz CT molecular complexity index is 474. The van der Waals surface area contributed by atoms with E-state index in [2.05, 4.69) is 17.2 Å². The summed E-state index contributed by atoms with van der Waals surface area (Å²) in [5.41, 5.74) is 2.80.